The van der Waals surface area contributed by atoms with Crippen LogP contribution in [0.4, 0.5) is 22.7 Å². The van der Waals surface area contributed by atoms with Crippen molar-refractivity contribution in [3.05, 3.63) is 157 Å². The van der Waals surface area contributed by atoms with Crippen molar-refractivity contribution < 1.29 is 42.7 Å². The monoisotopic (exact) mass is 892 g/mol. The van der Waals surface area contributed by atoms with Crippen molar-refractivity contribution in [3.8, 4) is 67.8 Å². The number of hydrogen-bond donors (Lipinski definition) is 5. The van der Waals surface area contributed by atoms with Gasteiger partial charge in [-0.2, -0.15) is 0 Å². The topological polar surface area (TPSA) is 233 Å². The minimum Gasteiger partial charge on any atom is -0.497 e. The van der Waals surface area contributed by atoms with E-state index >= 15 is 0 Å². The molecule has 0 radical (unpaired) electrons. The summed E-state index contributed by atoms with van der Waals surface area (Å²) in [7, 11) is 6.42. The van der Waals surface area contributed by atoms with Gasteiger partial charge >= 0.3 is 5.97 Å². The molecular formula is C51H52N6O9. The van der Waals surface area contributed by atoms with Gasteiger partial charge in [0.05, 0.1) is 46.0 Å². The molecule has 2 heterocycles. The molecule has 0 spiro atoms. The van der Waals surface area contributed by atoms with Crippen molar-refractivity contribution in [2.24, 2.45) is 0 Å². The maximum absolute atomic E-state index is 12.7. The highest BCUT2D eigenvalue weighted by Gasteiger charge is 2.23. The van der Waals surface area contributed by atoms with Crippen molar-refractivity contribution in [1.29, 1.82) is 0 Å². The molecule has 340 valence electrons. The second-order valence-electron chi connectivity index (χ2n) is 14.2. The summed E-state index contributed by atoms with van der Waals surface area (Å²) in [5.41, 5.74) is 25.2. The fourth-order valence-corrected chi connectivity index (χ4v) is 6.44. The molecule has 0 aliphatic heterocycles. The molecule has 15 heteroatoms. The van der Waals surface area contributed by atoms with Crippen LogP contribution in [0.15, 0.2) is 155 Å². The lowest BCUT2D eigenvalue weighted by atomic mass is 9.97. The number of aromatic nitrogens is 2. The van der Waals surface area contributed by atoms with E-state index in [0.29, 0.717) is 45.6 Å². The number of nitrogen functional groups attached to an aromatic ring is 3. The highest BCUT2D eigenvalue weighted by atomic mass is 16.5. The van der Waals surface area contributed by atoms with Gasteiger partial charge in [-0.3, -0.25) is 9.59 Å². The molecular weight excluding hydrogens is 841 g/mol. The van der Waals surface area contributed by atoms with Gasteiger partial charge in [0, 0.05) is 33.9 Å². The lowest BCUT2D eigenvalue weighted by Gasteiger charge is -2.08. The van der Waals surface area contributed by atoms with E-state index < -0.39 is 5.97 Å². The van der Waals surface area contributed by atoms with Crippen molar-refractivity contribution in [1.82, 2.24) is 10.3 Å². The van der Waals surface area contributed by atoms with Crippen LogP contribution in [0.3, 0.4) is 0 Å². The van der Waals surface area contributed by atoms with E-state index in [-0.39, 0.29) is 26.2 Å². The van der Waals surface area contributed by atoms with E-state index in [1.54, 1.807) is 77.0 Å². The zero-order valence-electron chi connectivity index (χ0n) is 36.1. The number of nitrogens with two attached hydrogens (primary N) is 3. The molecule has 0 aliphatic carbocycles. The van der Waals surface area contributed by atoms with Crippen LogP contribution in [0, 0.1) is 0 Å². The van der Waals surface area contributed by atoms with E-state index in [0.717, 1.165) is 56.4 Å². The Morgan fingerprint density at radius 3 is 1.11 bits per heavy atom. The van der Waals surface area contributed by atoms with Crippen molar-refractivity contribution in [3.63, 3.8) is 0 Å². The first-order chi connectivity index (χ1) is 31.5. The Morgan fingerprint density at radius 1 is 0.485 bits per heavy atom. The number of benzene rings is 6. The van der Waals surface area contributed by atoms with Crippen LogP contribution in [-0.4, -0.2) is 55.7 Å². The number of nitrogens with one attached hydrogen (secondary N) is 1. The summed E-state index contributed by atoms with van der Waals surface area (Å²) in [5.74, 6) is 2.49. The van der Waals surface area contributed by atoms with Crippen molar-refractivity contribution >= 4 is 34.6 Å². The molecule has 6 aromatic carbocycles. The minimum absolute atomic E-state index is 0. The third kappa shape index (κ3) is 12.7. The summed E-state index contributed by atoms with van der Waals surface area (Å²) in [5, 5.41) is 20.4. The Bertz CT molecular complexity index is 2750. The number of carbonyl (C=O) groups excluding carboxylic acids is 1. The number of anilines is 4. The summed E-state index contributed by atoms with van der Waals surface area (Å²) in [6.07, 6.45) is -0.223. The number of carbonyl (C=O) groups is 2. The van der Waals surface area contributed by atoms with Crippen LogP contribution in [0.5, 0.6) is 23.0 Å². The quantitative estimate of drug-likeness (QED) is 0.0678. The van der Waals surface area contributed by atoms with Gasteiger partial charge < -0.3 is 55.6 Å². The van der Waals surface area contributed by atoms with Gasteiger partial charge in [0.2, 0.25) is 5.91 Å². The van der Waals surface area contributed by atoms with Crippen LogP contribution in [0.1, 0.15) is 18.9 Å². The molecule has 0 saturated heterocycles. The summed E-state index contributed by atoms with van der Waals surface area (Å²) < 4.78 is 31.8. The Hall–Kier alpha value is -8.72. The molecule has 8 rings (SSSR count). The molecule has 1 amide bonds. The standard InChI is InChI=1S/C25H23N3O4.C19H17NO5.C6H8N2.CH4/c1-30-20-11-3-16(4-12-20)24-22(15-23(29)27-19-9-7-18(26)8-10-19)32-28-25(24)17-5-13-21(31-2)14-6-17;1-23-14-7-3-12(4-8-14)18-16(11-17(21)22)25-20-19(18)13-5-9-15(24-2)10-6-13;7-5-1-2-6(8)4-3-5;/h3-14H,15,26H2,1-2H3,(H,27,29);3-10H,11H2,1-2H3,(H,21,22);1-4H,7-8H2;1H4. The third-order valence-corrected chi connectivity index (χ3v) is 9.77. The van der Waals surface area contributed by atoms with Crippen LogP contribution >= 0.6 is 0 Å². The highest BCUT2D eigenvalue weighted by molar-refractivity contribution is 5.94. The van der Waals surface area contributed by atoms with Crippen molar-refractivity contribution in [2.45, 2.75) is 20.3 Å². The summed E-state index contributed by atoms with van der Waals surface area (Å²) in [6, 6.07) is 43.8. The first kappa shape index (κ1) is 48.3. The lowest BCUT2D eigenvalue weighted by Crippen LogP contribution is -2.14. The molecule has 0 atom stereocenters. The average Bonchev–Trinajstić information content (AvgIpc) is 3.95. The molecule has 8 N–H and O–H groups in total. The fraction of sp³-hybridized carbons (Fsp3) is 0.137. The summed E-state index contributed by atoms with van der Waals surface area (Å²) >= 11 is 0. The Morgan fingerprint density at radius 2 is 0.788 bits per heavy atom. The molecule has 0 aliphatic rings. The van der Waals surface area contributed by atoms with E-state index in [1.807, 2.05) is 97.1 Å². The molecule has 0 fully saturated rings. The van der Waals surface area contributed by atoms with Gasteiger partial charge in [-0.25, -0.2) is 0 Å². The smallest absolute Gasteiger partial charge is 0.311 e. The molecule has 8 aromatic rings. The number of hydrogen-bond acceptors (Lipinski definition) is 13. The number of carboxylic acid groups (broad SMARTS) is 1. The SMILES string of the molecule is C.COc1ccc(-c2noc(CC(=O)Nc3ccc(N)cc3)c2-c2ccc(OC)cc2)cc1.COc1ccc(-c2noc(CC(=O)O)c2-c2ccc(OC)cc2)cc1.Nc1ccc(N)cc1. The maximum atomic E-state index is 12.7. The molecule has 0 saturated carbocycles. The number of amides is 1. The zero-order valence-corrected chi connectivity index (χ0v) is 36.1. The second-order valence-corrected chi connectivity index (χ2v) is 14.2. The van der Waals surface area contributed by atoms with E-state index in [9.17, 15) is 9.59 Å². The van der Waals surface area contributed by atoms with E-state index in [4.69, 9.17) is 50.3 Å². The van der Waals surface area contributed by atoms with Gasteiger partial charge in [0.1, 0.15) is 40.8 Å². The molecule has 15 nitrogen and oxygen atoms in total. The van der Waals surface area contributed by atoms with Crippen LogP contribution in [-0.2, 0) is 22.4 Å². The lowest BCUT2D eigenvalue weighted by molar-refractivity contribution is -0.136. The number of methoxy groups -OCH3 is 4. The second kappa shape index (κ2) is 23.1. The van der Waals surface area contributed by atoms with Gasteiger partial charge in [-0.15, -0.1) is 0 Å². The predicted molar refractivity (Wildman–Crippen MR) is 257 cm³/mol. The number of aliphatic carboxylic acids is 1. The van der Waals surface area contributed by atoms with Crippen LogP contribution in [0.2, 0.25) is 0 Å². The van der Waals surface area contributed by atoms with E-state index in [2.05, 4.69) is 15.6 Å². The number of nitrogens with zero attached hydrogens (tertiary/aromatic N) is 2. The Labute approximate surface area is 382 Å². The van der Waals surface area contributed by atoms with Crippen LogP contribution in [0.25, 0.3) is 44.8 Å². The molecule has 0 bridgehead atoms. The largest absolute Gasteiger partial charge is 0.497 e. The highest BCUT2D eigenvalue weighted by Crippen LogP contribution is 2.38. The van der Waals surface area contributed by atoms with Crippen LogP contribution < -0.4 is 41.5 Å². The van der Waals surface area contributed by atoms with Gasteiger partial charge in [0.15, 0.2) is 11.5 Å². The first-order valence-corrected chi connectivity index (χ1v) is 20.0. The minimum atomic E-state index is -0.979. The van der Waals surface area contributed by atoms with E-state index in [1.165, 1.54) is 0 Å². The molecule has 0 unspecified atom stereocenters. The Balaban J connectivity index is 0.000000213. The average molecular weight is 893 g/mol. The van der Waals surface area contributed by atoms with Crippen molar-refractivity contribution in [2.75, 3.05) is 51.0 Å². The number of carboxylic acids is 1. The third-order valence-electron chi connectivity index (χ3n) is 9.77. The molecule has 66 heavy (non-hydrogen) atoms. The fourth-order valence-electron chi connectivity index (χ4n) is 6.44. The summed E-state index contributed by atoms with van der Waals surface area (Å²) in [4.78, 5) is 23.9. The normalized spacial score (nSPS) is 10.2. The maximum Gasteiger partial charge on any atom is 0.311 e. The number of rotatable bonds is 13. The van der Waals surface area contributed by atoms with Gasteiger partial charge in [0.25, 0.3) is 0 Å². The van der Waals surface area contributed by atoms with Gasteiger partial charge in [-0.05, 0) is 132 Å². The van der Waals surface area contributed by atoms with Gasteiger partial charge in [-0.1, -0.05) is 42.0 Å². The number of ether oxygens (including phenoxy) is 4. The summed E-state index contributed by atoms with van der Waals surface area (Å²) in [6.45, 7) is 0. The Kier molecular flexibility index (Phi) is 16.9. The zero-order chi connectivity index (χ0) is 46.3. The first-order valence-electron chi connectivity index (χ1n) is 20.0. The molecule has 2 aromatic heterocycles. The predicted octanol–water partition coefficient (Wildman–Crippen LogP) is 9.93.